The molecule has 1 aliphatic rings. The van der Waals surface area contributed by atoms with Gasteiger partial charge in [-0.25, -0.2) is 0 Å². The summed E-state index contributed by atoms with van der Waals surface area (Å²) in [5.41, 5.74) is 11.9. The van der Waals surface area contributed by atoms with E-state index in [1.54, 1.807) is 0 Å². The van der Waals surface area contributed by atoms with Gasteiger partial charge in [0.2, 0.25) is 0 Å². The van der Waals surface area contributed by atoms with Crippen LogP contribution in [-0.2, 0) is 11.8 Å². The Morgan fingerprint density at radius 2 is 1.14 bits per heavy atom. The molecule has 0 amide bonds. The first-order valence-electron chi connectivity index (χ1n) is 10.5. The Bertz CT molecular complexity index is 1130. The molecule has 0 aliphatic heterocycles. The van der Waals surface area contributed by atoms with Crippen molar-refractivity contribution >= 4 is 0 Å². The van der Waals surface area contributed by atoms with E-state index in [1.165, 1.54) is 50.1 Å². The minimum atomic E-state index is -0.278. The van der Waals surface area contributed by atoms with E-state index in [4.69, 9.17) is 0 Å². The molecular formula is C29H26. The molecule has 0 heterocycles. The molecule has 0 aromatic heterocycles. The summed E-state index contributed by atoms with van der Waals surface area (Å²) < 4.78 is 0. The van der Waals surface area contributed by atoms with Gasteiger partial charge < -0.3 is 0 Å². The van der Waals surface area contributed by atoms with Gasteiger partial charge in [0.15, 0.2) is 0 Å². The van der Waals surface area contributed by atoms with E-state index >= 15 is 0 Å². The maximum atomic E-state index is 2.40. The van der Waals surface area contributed by atoms with Crippen molar-refractivity contribution in [3.63, 3.8) is 0 Å². The normalized spacial score (nSPS) is 13.8. The molecule has 5 rings (SSSR count). The summed E-state index contributed by atoms with van der Waals surface area (Å²) in [5, 5.41) is 0. The van der Waals surface area contributed by atoms with Crippen molar-refractivity contribution in [2.75, 3.05) is 0 Å². The molecule has 0 fully saturated rings. The van der Waals surface area contributed by atoms with Crippen LogP contribution in [0.3, 0.4) is 0 Å². The van der Waals surface area contributed by atoms with E-state index in [2.05, 4.69) is 112 Å². The fraction of sp³-hybridized carbons (Fsp3) is 0.172. The lowest BCUT2D eigenvalue weighted by Gasteiger charge is -2.34. The lowest BCUT2D eigenvalue weighted by molar-refractivity contribution is 0.767. The van der Waals surface area contributed by atoms with Crippen molar-refractivity contribution < 1.29 is 0 Å². The van der Waals surface area contributed by atoms with Crippen LogP contribution in [0.2, 0.25) is 0 Å². The topological polar surface area (TPSA) is 0 Å². The van der Waals surface area contributed by atoms with Crippen molar-refractivity contribution in [2.24, 2.45) is 0 Å². The van der Waals surface area contributed by atoms with E-state index in [0.29, 0.717) is 0 Å². The van der Waals surface area contributed by atoms with Gasteiger partial charge in [0.1, 0.15) is 0 Å². The van der Waals surface area contributed by atoms with Gasteiger partial charge in [-0.2, -0.15) is 0 Å². The Morgan fingerprint density at radius 1 is 0.586 bits per heavy atom. The molecule has 0 N–H and O–H groups in total. The molecule has 29 heavy (non-hydrogen) atoms. The van der Waals surface area contributed by atoms with Crippen LogP contribution in [0, 0.1) is 13.8 Å². The van der Waals surface area contributed by atoms with Crippen LogP contribution in [0.25, 0.3) is 11.1 Å². The first-order chi connectivity index (χ1) is 14.1. The predicted molar refractivity (Wildman–Crippen MR) is 123 cm³/mol. The highest BCUT2D eigenvalue weighted by Crippen LogP contribution is 2.56. The molecule has 142 valence electrons. The van der Waals surface area contributed by atoms with Crippen molar-refractivity contribution in [3.8, 4) is 11.1 Å². The van der Waals surface area contributed by atoms with Crippen LogP contribution in [-0.4, -0.2) is 0 Å². The Labute approximate surface area is 173 Å². The van der Waals surface area contributed by atoms with Crippen molar-refractivity contribution in [1.29, 1.82) is 0 Å². The molecule has 0 spiro atoms. The zero-order valence-corrected chi connectivity index (χ0v) is 17.4. The molecule has 4 aromatic carbocycles. The van der Waals surface area contributed by atoms with Gasteiger partial charge in [-0.1, -0.05) is 109 Å². The fourth-order valence-electron chi connectivity index (χ4n) is 4.95. The molecule has 1 aliphatic carbocycles. The second kappa shape index (κ2) is 6.74. The van der Waals surface area contributed by atoms with E-state index in [0.717, 1.165) is 6.42 Å². The smallest absolute Gasteiger partial charge is 0.0619 e. The van der Waals surface area contributed by atoms with Gasteiger partial charge in [-0.3, -0.25) is 0 Å². The highest BCUT2D eigenvalue weighted by Gasteiger charge is 2.45. The van der Waals surface area contributed by atoms with E-state index in [-0.39, 0.29) is 5.41 Å². The van der Waals surface area contributed by atoms with Gasteiger partial charge >= 0.3 is 0 Å². The second-order valence-corrected chi connectivity index (χ2v) is 8.26. The van der Waals surface area contributed by atoms with Gasteiger partial charge in [0.25, 0.3) is 0 Å². The van der Waals surface area contributed by atoms with E-state index < -0.39 is 0 Å². The quantitative estimate of drug-likeness (QED) is 0.312. The van der Waals surface area contributed by atoms with Crippen LogP contribution in [0.4, 0.5) is 0 Å². The summed E-state index contributed by atoms with van der Waals surface area (Å²) in [6, 6.07) is 34.3. The molecule has 0 saturated carbocycles. The average molecular weight is 375 g/mol. The summed E-state index contributed by atoms with van der Waals surface area (Å²) in [6.45, 7) is 6.55. The van der Waals surface area contributed by atoms with Gasteiger partial charge in [-0.15, -0.1) is 0 Å². The zero-order valence-electron chi connectivity index (χ0n) is 17.4. The third kappa shape index (κ3) is 2.59. The number of hydrogen-bond donors (Lipinski definition) is 0. The van der Waals surface area contributed by atoms with Gasteiger partial charge in [-0.05, 0) is 59.2 Å². The number of benzene rings is 4. The van der Waals surface area contributed by atoms with Crippen LogP contribution >= 0.6 is 0 Å². The molecular weight excluding hydrogens is 348 g/mol. The Kier molecular flexibility index (Phi) is 4.17. The second-order valence-electron chi connectivity index (χ2n) is 8.26. The Morgan fingerprint density at radius 3 is 1.72 bits per heavy atom. The number of aryl methyl sites for hydroxylation is 3. The maximum Gasteiger partial charge on any atom is 0.0713 e. The van der Waals surface area contributed by atoms with Crippen molar-refractivity contribution in [2.45, 2.75) is 32.6 Å². The minimum absolute atomic E-state index is 0.278. The Hall–Kier alpha value is -3.12. The Balaban J connectivity index is 1.93. The third-order valence-corrected chi connectivity index (χ3v) is 6.49. The molecule has 0 radical (unpaired) electrons. The standard InChI is InChI=1S/C29H26/c1-4-22-13-18-28-26(19-22)25-7-5-6-8-27(25)29(28,23-14-9-20(2)10-15-23)24-16-11-21(3)12-17-24/h5-19H,4H2,1-3H3. The highest BCUT2D eigenvalue weighted by atomic mass is 14.5. The molecule has 4 aromatic rings. The van der Waals surface area contributed by atoms with Crippen LogP contribution in [0.1, 0.15) is 45.9 Å². The molecule has 0 nitrogen and oxygen atoms in total. The summed E-state index contributed by atoms with van der Waals surface area (Å²) >= 11 is 0. The molecule has 0 unspecified atom stereocenters. The summed E-state index contributed by atoms with van der Waals surface area (Å²) in [6.07, 6.45) is 1.05. The zero-order chi connectivity index (χ0) is 20.0. The first kappa shape index (κ1) is 17.9. The number of fused-ring (bicyclic) bond motifs is 3. The monoisotopic (exact) mass is 374 g/mol. The molecule has 0 saturated heterocycles. The third-order valence-electron chi connectivity index (χ3n) is 6.49. The molecule has 0 heteroatoms. The maximum absolute atomic E-state index is 2.40. The molecule has 0 bridgehead atoms. The van der Waals surface area contributed by atoms with E-state index in [9.17, 15) is 0 Å². The van der Waals surface area contributed by atoms with Crippen molar-refractivity contribution in [1.82, 2.24) is 0 Å². The largest absolute Gasteiger partial charge is 0.0713 e. The van der Waals surface area contributed by atoms with Crippen LogP contribution in [0.15, 0.2) is 91.0 Å². The number of rotatable bonds is 3. The van der Waals surface area contributed by atoms with Gasteiger partial charge in [0, 0.05) is 0 Å². The minimum Gasteiger partial charge on any atom is -0.0619 e. The van der Waals surface area contributed by atoms with Gasteiger partial charge in [0.05, 0.1) is 5.41 Å². The predicted octanol–water partition coefficient (Wildman–Crippen LogP) is 7.23. The number of hydrogen-bond acceptors (Lipinski definition) is 0. The average Bonchev–Trinajstić information content (AvgIpc) is 3.05. The van der Waals surface area contributed by atoms with Crippen molar-refractivity contribution in [3.05, 3.63) is 130 Å². The first-order valence-corrected chi connectivity index (χ1v) is 10.5. The summed E-state index contributed by atoms with van der Waals surface area (Å²) in [4.78, 5) is 0. The molecule has 0 atom stereocenters. The van der Waals surface area contributed by atoms with Crippen LogP contribution in [0.5, 0.6) is 0 Å². The fourth-order valence-corrected chi connectivity index (χ4v) is 4.95. The SMILES string of the molecule is CCc1ccc2c(c1)-c1ccccc1C2(c1ccc(C)cc1)c1ccc(C)cc1. The van der Waals surface area contributed by atoms with E-state index in [1.807, 2.05) is 0 Å². The van der Waals surface area contributed by atoms with Crippen LogP contribution < -0.4 is 0 Å². The lowest BCUT2D eigenvalue weighted by Crippen LogP contribution is -2.28. The summed E-state index contributed by atoms with van der Waals surface area (Å²) in [7, 11) is 0. The summed E-state index contributed by atoms with van der Waals surface area (Å²) in [5.74, 6) is 0. The lowest BCUT2D eigenvalue weighted by atomic mass is 9.67. The highest BCUT2D eigenvalue weighted by molar-refractivity contribution is 5.86.